The van der Waals surface area contributed by atoms with Crippen molar-refractivity contribution >= 4 is 0 Å². The van der Waals surface area contributed by atoms with Crippen molar-refractivity contribution in [2.45, 2.75) is 25.4 Å². The molecule has 21 heavy (non-hydrogen) atoms. The van der Waals surface area contributed by atoms with E-state index in [9.17, 15) is 5.11 Å². The molecule has 0 bridgehead atoms. The minimum Gasteiger partial charge on any atom is -0.493 e. The third kappa shape index (κ3) is 2.85. The molecule has 1 N–H and O–H groups in total. The van der Waals surface area contributed by atoms with E-state index < -0.39 is 6.10 Å². The van der Waals surface area contributed by atoms with Crippen LogP contribution in [0.25, 0.3) is 0 Å². The lowest BCUT2D eigenvalue weighted by atomic mass is 9.85. The van der Waals surface area contributed by atoms with Crippen LogP contribution in [0.2, 0.25) is 0 Å². The maximum Gasteiger partial charge on any atom is 0.137 e. The van der Waals surface area contributed by atoms with Crippen molar-refractivity contribution in [2.24, 2.45) is 0 Å². The number of ether oxygens (including phenoxy) is 2. The largest absolute Gasteiger partial charge is 0.493 e. The molecule has 0 amide bonds. The van der Waals surface area contributed by atoms with Crippen LogP contribution in [0.4, 0.5) is 0 Å². The number of para-hydroxylation sites is 1. The van der Waals surface area contributed by atoms with E-state index in [2.05, 4.69) is 4.98 Å². The molecule has 2 aromatic rings. The van der Waals surface area contributed by atoms with E-state index in [4.69, 9.17) is 9.47 Å². The highest BCUT2D eigenvalue weighted by atomic mass is 16.5. The number of benzene rings is 1. The van der Waals surface area contributed by atoms with E-state index in [0.29, 0.717) is 19.0 Å². The highest BCUT2D eigenvalue weighted by Gasteiger charge is 2.28. The summed E-state index contributed by atoms with van der Waals surface area (Å²) in [4.78, 5) is 4.16. The zero-order chi connectivity index (χ0) is 14.7. The van der Waals surface area contributed by atoms with Gasteiger partial charge in [-0.3, -0.25) is 4.98 Å². The number of aliphatic hydroxyl groups excluding tert-OH is 1. The van der Waals surface area contributed by atoms with Crippen molar-refractivity contribution in [3.8, 4) is 11.5 Å². The number of rotatable bonds is 4. The molecule has 2 heterocycles. The van der Waals surface area contributed by atoms with Crippen LogP contribution in [-0.2, 0) is 0 Å². The van der Waals surface area contributed by atoms with Gasteiger partial charge in [0, 0.05) is 23.2 Å². The standard InChI is InChI=1S/C17H19NO3/c1-2-20-13-9-12(10-18-11-13)17(19)15-7-8-21-16-6-4-3-5-14(15)16/h3-6,9-11,15,17,19H,2,7-8H2,1H3. The summed E-state index contributed by atoms with van der Waals surface area (Å²) in [7, 11) is 0. The van der Waals surface area contributed by atoms with E-state index in [1.165, 1.54) is 0 Å². The molecule has 1 aromatic heterocycles. The second-order valence-corrected chi connectivity index (χ2v) is 5.11. The van der Waals surface area contributed by atoms with Gasteiger partial charge in [-0.05, 0) is 25.5 Å². The fourth-order valence-corrected chi connectivity index (χ4v) is 2.77. The number of nitrogens with zero attached hydrogens (tertiary/aromatic N) is 1. The molecule has 0 saturated carbocycles. The molecule has 0 saturated heterocycles. The Labute approximate surface area is 124 Å². The van der Waals surface area contributed by atoms with Crippen LogP contribution >= 0.6 is 0 Å². The lowest BCUT2D eigenvalue weighted by Crippen LogP contribution is -2.20. The van der Waals surface area contributed by atoms with Gasteiger partial charge < -0.3 is 14.6 Å². The molecule has 0 spiro atoms. The van der Waals surface area contributed by atoms with Crippen LogP contribution < -0.4 is 9.47 Å². The maximum atomic E-state index is 10.7. The molecule has 3 rings (SSSR count). The highest BCUT2D eigenvalue weighted by molar-refractivity contribution is 5.40. The average Bonchev–Trinajstić information content (AvgIpc) is 2.54. The molecular formula is C17H19NO3. The first-order valence-corrected chi connectivity index (χ1v) is 7.27. The molecule has 2 atom stereocenters. The summed E-state index contributed by atoms with van der Waals surface area (Å²) in [5.41, 5.74) is 1.83. The topological polar surface area (TPSA) is 51.6 Å². The Hall–Kier alpha value is -2.07. The molecule has 110 valence electrons. The van der Waals surface area contributed by atoms with Gasteiger partial charge in [0.25, 0.3) is 0 Å². The summed E-state index contributed by atoms with van der Waals surface area (Å²) in [5, 5.41) is 10.7. The fraction of sp³-hybridized carbons (Fsp3) is 0.353. The van der Waals surface area contributed by atoms with Crippen molar-refractivity contribution in [3.63, 3.8) is 0 Å². The van der Waals surface area contributed by atoms with Gasteiger partial charge in [0.15, 0.2) is 0 Å². The van der Waals surface area contributed by atoms with E-state index in [1.54, 1.807) is 12.4 Å². The van der Waals surface area contributed by atoms with Crippen molar-refractivity contribution < 1.29 is 14.6 Å². The second-order valence-electron chi connectivity index (χ2n) is 5.11. The first-order chi connectivity index (χ1) is 10.3. The molecular weight excluding hydrogens is 266 g/mol. The molecule has 1 aliphatic heterocycles. The summed E-state index contributed by atoms with van der Waals surface area (Å²) in [6.45, 7) is 3.14. The lowest BCUT2D eigenvalue weighted by molar-refractivity contribution is 0.116. The summed E-state index contributed by atoms with van der Waals surface area (Å²) in [5.74, 6) is 1.57. The number of hydrogen-bond acceptors (Lipinski definition) is 4. The van der Waals surface area contributed by atoms with Crippen LogP contribution in [-0.4, -0.2) is 23.3 Å². The van der Waals surface area contributed by atoms with Gasteiger partial charge in [0.2, 0.25) is 0 Å². The zero-order valence-electron chi connectivity index (χ0n) is 12.0. The van der Waals surface area contributed by atoms with E-state index in [1.807, 2.05) is 37.3 Å². The van der Waals surface area contributed by atoms with Gasteiger partial charge in [-0.15, -0.1) is 0 Å². The first-order valence-electron chi connectivity index (χ1n) is 7.27. The zero-order valence-corrected chi connectivity index (χ0v) is 12.0. The highest BCUT2D eigenvalue weighted by Crippen LogP contribution is 2.41. The van der Waals surface area contributed by atoms with Crippen molar-refractivity contribution in [1.29, 1.82) is 0 Å². The Bertz CT molecular complexity index is 614. The SMILES string of the molecule is CCOc1cncc(C(O)C2CCOc3ccccc32)c1. The predicted octanol–water partition coefficient (Wildman–Crippen LogP) is 3.08. The second kappa shape index (κ2) is 6.14. The van der Waals surface area contributed by atoms with Crippen LogP contribution in [0.1, 0.15) is 36.5 Å². The third-order valence-electron chi connectivity index (χ3n) is 3.77. The summed E-state index contributed by atoms with van der Waals surface area (Å²) < 4.78 is 11.1. The van der Waals surface area contributed by atoms with Gasteiger partial charge in [0.05, 0.1) is 25.5 Å². The lowest BCUT2D eigenvalue weighted by Gasteiger charge is -2.29. The number of aromatic nitrogens is 1. The maximum absolute atomic E-state index is 10.7. The average molecular weight is 285 g/mol. The third-order valence-corrected chi connectivity index (χ3v) is 3.77. The molecule has 1 aliphatic rings. The Morgan fingerprint density at radius 1 is 1.38 bits per heavy atom. The number of pyridine rings is 1. The number of aliphatic hydroxyl groups is 1. The van der Waals surface area contributed by atoms with Crippen molar-refractivity contribution in [2.75, 3.05) is 13.2 Å². The summed E-state index contributed by atoms with van der Waals surface area (Å²) in [6, 6.07) is 9.75. The number of fused-ring (bicyclic) bond motifs is 1. The smallest absolute Gasteiger partial charge is 0.137 e. The molecule has 0 aliphatic carbocycles. The van der Waals surface area contributed by atoms with Crippen LogP contribution in [0.15, 0.2) is 42.7 Å². The molecule has 4 nitrogen and oxygen atoms in total. The van der Waals surface area contributed by atoms with E-state index >= 15 is 0 Å². The molecule has 2 unspecified atom stereocenters. The first kappa shape index (κ1) is 13.9. The molecule has 0 fully saturated rings. The molecule has 1 aromatic carbocycles. The van der Waals surface area contributed by atoms with Crippen molar-refractivity contribution in [3.05, 3.63) is 53.9 Å². The minimum atomic E-state index is -0.608. The molecule has 0 radical (unpaired) electrons. The van der Waals surface area contributed by atoms with Gasteiger partial charge in [-0.1, -0.05) is 18.2 Å². The van der Waals surface area contributed by atoms with Gasteiger partial charge in [0.1, 0.15) is 11.5 Å². The van der Waals surface area contributed by atoms with Crippen LogP contribution in [0.3, 0.4) is 0 Å². The molecule has 4 heteroatoms. The van der Waals surface area contributed by atoms with Crippen LogP contribution in [0.5, 0.6) is 11.5 Å². The van der Waals surface area contributed by atoms with Gasteiger partial charge in [-0.25, -0.2) is 0 Å². The van der Waals surface area contributed by atoms with Gasteiger partial charge >= 0.3 is 0 Å². The normalized spacial score (nSPS) is 18.5. The van der Waals surface area contributed by atoms with Gasteiger partial charge in [-0.2, -0.15) is 0 Å². The summed E-state index contributed by atoms with van der Waals surface area (Å²) in [6.07, 6.45) is 3.54. The Morgan fingerprint density at radius 3 is 3.10 bits per heavy atom. The summed E-state index contributed by atoms with van der Waals surface area (Å²) >= 11 is 0. The number of hydrogen-bond donors (Lipinski definition) is 1. The van der Waals surface area contributed by atoms with E-state index in [0.717, 1.165) is 23.3 Å². The van der Waals surface area contributed by atoms with Crippen LogP contribution in [0, 0.1) is 0 Å². The monoisotopic (exact) mass is 285 g/mol. The predicted molar refractivity (Wildman–Crippen MR) is 79.7 cm³/mol. The Morgan fingerprint density at radius 2 is 2.24 bits per heavy atom. The van der Waals surface area contributed by atoms with Crippen molar-refractivity contribution in [1.82, 2.24) is 4.98 Å². The fourth-order valence-electron chi connectivity index (χ4n) is 2.77. The van der Waals surface area contributed by atoms with E-state index in [-0.39, 0.29) is 5.92 Å². The minimum absolute atomic E-state index is 0.0219. The Kier molecular flexibility index (Phi) is 4.06. The Balaban J connectivity index is 1.89. The quantitative estimate of drug-likeness (QED) is 0.938.